The SMILES string of the molecule is COC(=O)c1cc(-c2csc(NC(=O)c3cc4ccc(C)cc4nc3C)n2)c[nH]1. The first kappa shape index (κ1) is 18.8. The number of aromatic nitrogens is 3. The molecule has 0 fully saturated rings. The van der Waals surface area contributed by atoms with E-state index in [1.165, 1.54) is 18.4 Å². The third-order valence-electron chi connectivity index (χ3n) is 4.52. The first-order chi connectivity index (χ1) is 13.9. The lowest BCUT2D eigenvalue weighted by Gasteiger charge is -2.07. The Morgan fingerprint density at radius 3 is 2.76 bits per heavy atom. The standard InChI is InChI=1S/C21H18N4O3S/c1-11-4-5-13-7-15(12(2)23-16(13)6-11)19(26)25-21-24-18(10-29-21)14-8-17(22-9-14)20(27)28-3/h4-10,22H,1-3H3,(H,24,25,26). The maximum absolute atomic E-state index is 12.8. The van der Waals surface area contributed by atoms with Crippen LogP contribution in [-0.4, -0.2) is 33.9 Å². The fourth-order valence-electron chi connectivity index (χ4n) is 3.00. The molecular formula is C21H18N4O3S. The van der Waals surface area contributed by atoms with Crippen LogP contribution in [-0.2, 0) is 4.74 Å². The van der Waals surface area contributed by atoms with Gasteiger partial charge in [-0.3, -0.25) is 15.1 Å². The zero-order chi connectivity index (χ0) is 20.5. The van der Waals surface area contributed by atoms with Crippen molar-refractivity contribution in [2.24, 2.45) is 0 Å². The summed E-state index contributed by atoms with van der Waals surface area (Å²) >= 11 is 1.31. The summed E-state index contributed by atoms with van der Waals surface area (Å²) in [5.74, 6) is -0.711. The molecule has 0 atom stereocenters. The number of anilines is 1. The number of benzene rings is 1. The Morgan fingerprint density at radius 1 is 1.14 bits per heavy atom. The van der Waals surface area contributed by atoms with E-state index in [4.69, 9.17) is 0 Å². The zero-order valence-electron chi connectivity index (χ0n) is 16.1. The number of hydrogen-bond acceptors (Lipinski definition) is 6. The minimum absolute atomic E-state index is 0.261. The first-order valence-corrected chi connectivity index (χ1v) is 9.74. The van der Waals surface area contributed by atoms with Gasteiger partial charge in [0.25, 0.3) is 5.91 Å². The van der Waals surface area contributed by atoms with E-state index in [-0.39, 0.29) is 5.91 Å². The quantitative estimate of drug-likeness (QED) is 0.491. The average Bonchev–Trinajstić information content (AvgIpc) is 3.36. The van der Waals surface area contributed by atoms with Gasteiger partial charge in [0.2, 0.25) is 0 Å². The number of hydrogen-bond donors (Lipinski definition) is 2. The largest absolute Gasteiger partial charge is 0.464 e. The summed E-state index contributed by atoms with van der Waals surface area (Å²) in [7, 11) is 1.32. The molecule has 0 spiro atoms. The highest BCUT2D eigenvalue weighted by atomic mass is 32.1. The minimum Gasteiger partial charge on any atom is -0.464 e. The van der Waals surface area contributed by atoms with Crippen molar-refractivity contribution in [1.82, 2.24) is 15.0 Å². The molecular weight excluding hydrogens is 388 g/mol. The molecule has 3 heterocycles. The molecule has 1 amide bonds. The second kappa shape index (κ2) is 7.48. The molecule has 4 rings (SSSR count). The molecule has 146 valence electrons. The maximum Gasteiger partial charge on any atom is 0.354 e. The van der Waals surface area contributed by atoms with E-state index in [1.807, 2.05) is 43.5 Å². The third-order valence-corrected chi connectivity index (χ3v) is 5.27. The molecule has 1 aromatic carbocycles. The van der Waals surface area contributed by atoms with E-state index in [0.29, 0.717) is 27.8 Å². The van der Waals surface area contributed by atoms with Crippen LogP contribution >= 0.6 is 11.3 Å². The highest BCUT2D eigenvalue weighted by molar-refractivity contribution is 7.14. The Morgan fingerprint density at radius 2 is 1.97 bits per heavy atom. The fourth-order valence-corrected chi connectivity index (χ4v) is 3.72. The number of rotatable bonds is 4. The van der Waals surface area contributed by atoms with Gasteiger partial charge in [-0.1, -0.05) is 12.1 Å². The summed E-state index contributed by atoms with van der Waals surface area (Å²) in [5.41, 5.74) is 4.88. The van der Waals surface area contributed by atoms with Crippen LogP contribution in [0.2, 0.25) is 0 Å². The number of pyridine rings is 1. The normalized spacial score (nSPS) is 10.9. The number of carbonyl (C=O) groups excluding carboxylic acids is 2. The van der Waals surface area contributed by atoms with Gasteiger partial charge in [0.05, 0.1) is 29.6 Å². The van der Waals surface area contributed by atoms with E-state index >= 15 is 0 Å². The summed E-state index contributed by atoms with van der Waals surface area (Å²) in [6, 6.07) is 9.45. The molecule has 0 radical (unpaired) electrons. The molecule has 0 aliphatic rings. The van der Waals surface area contributed by atoms with E-state index in [1.54, 1.807) is 12.3 Å². The number of ether oxygens (including phenoxy) is 1. The number of aromatic amines is 1. The zero-order valence-corrected chi connectivity index (χ0v) is 16.9. The van der Waals surface area contributed by atoms with E-state index < -0.39 is 5.97 Å². The van der Waals surface area contributed by atoms with Gasteiger partial charge in [0.15, 0.2) is 5.13 Å². The summed E-state index contributed by atoms with van der Waals surface area (Å²) in [4.78, 5) is 36.2. The van der Waals surface area contributed by atoms with Gasteiger partial charge in [-0.25, -0.2) is 9.78 Å². The minimum atomic E-state index is -0.450. The van der Waals surface area contributed by atoms with Crippen molar-refractivity contribution in [3.05, 3.63) is 64.4 Å². The molecule has 0 saturated heterocycles. The van der Waals surface area contributed by atoms with Crippen LogP contribution in [0.3, 0.4) is 0 Å². The number of carbonyl (C=O) groups is 2. The van der Waals surface area contributed by atoms with Crippen molar-refractivity contribution in [2.45, 2.75) is 13.8 Å². The number of methoxy groups -OCH3 is 1. The Kier molecular flexibility index (Phi) is 4.85. The number of nitrogens with one attached hydrogen (secondary N) is 2. The van der Waals surface area contributed by atoms with E-state index in [0.717, 1.165) is 22.0 Å². The van der Waals surface area contributed by atoms with Gasteiger partial charge in [-0.15, -0.1) is 11.3 Å². The predicted molar refractivity (Wildman–Crippen MR) is 112 cm³/mol. The monoisotopic (exact) mass is 406 g/mol. The smallest absolute Gasteiger partial charge is 0.354 e. The van der Waals surface area contributed by atoms with Crippen LogP contribution in [0.5, 0.6) is 0 Å². The Labute approximate surface area is 170 Å². The predicted octanol–water partition coefficient (Wildman–Crippen LogP) is 4.34. The topological polar surface area (TPSA) is 97.0 Å². The van der Waals surface area contributed by atoms with Crippen molar-refractivity contribution in [3.8, 4) is 11.3 Å². The van der Waals surface area contributed by atoms with Crippen LogP contribution in [0.25, 0.3) is 22.2 Å². The first-order valence-electron chi connectivity index (χ1n) is 8.86. The second-order valence-corrected chi connectivity index (χ2v) is 7.46. The van der Waals surface area contributed by atoms with Crippen LogP contribution in [0.1, 0.15) is 32.1 Å². The van der Waals surface area contributed by atoms with Gasteiger partial charge in [-0.05, 0) is 37.6 Å². The van der Waals surface area contributed by atoms with Crippen molar-refractivity contribution in [2.75, 3.05) is 12.4 Å². The summed E-state index contributed by atoms with van der Waals surface area (Å²) in [5, 5.41) is 6.02. The van der Waals surface area contributed by atoms with Gasteiger partial charge in [0.1, 0.15) is 5.69 Å². The van der Waals surface area contributed by atoms with Crippen LogP contribution in [0.4, 0.5) is 5.13 Å². The molecule has 0 aliphatic heterocycles. The summed E-state index contributed by atoms with van der Waals surface area (Å²) in [6.45, 7) is 3.83. The molecule has 8 heteroatoms. The fraction of sp³-hybridized carbons (Fsp3) is 0.143. The Balaban J connectivity index is 1.56. The van der Waals surface area contributed by atoms with Gasteiger partial charge >= 0.3 is 5.97 Å². The van der Waals surface area contributed by atoms with Gasteiger partial charge < -0.3 is 9.72 Å². The number of H-pyrrole nitrogens is 1. The number of aryl methyl sites for hydroxylation is 2. The Bertz CT molecular complexity index is 1240. The summed E-state index contributed by atoms with van der Waals surface area (Å²) < 4.78 is 4.69. The van der Waals surface area contributed by atoms with Crippen molar-refractivity contribution >= 4 is 39.2 Å². The maximum atomic E-state index is 12.8. The van der Waals surface area contributed by atoms with Gasteiger partial charge in [0, 0.05) is 22.5 Å². The van der Waals surface area contributed by atoms with E-state index in [2.05, 4.69) is 25.0 Å². The molecule has 2 N–H and O–H groups in total. The number of amides is 1. The van der Waals surface area contributed by atoms with Crippen molar-refractivity contribution in [3.63, 3.8) is 0 Å². The van der Waals surface area contributed by atoms with Crippen molar-refractivity contribution in [1.29, 1.82) is 0 Å². The third kappa shape index (κ3) is 3.74. The highest BCUT2D eigenvalue weighted by Crippen LogP contribution is 2.26. The molecule has 29 heavy (non-hydrogen) atoms. The molecule has 3 aromatic heterocycles. The van der Waals surface area contributed by atoms with Crippen LogP contribution < -0.4 is 5.32 Å². The lowest BCUT2D eigenvalue weighted by Crippen LogP contribution is -2.14. The van der Waals surface area contributed by atoms with Crippen molar-refractivity contribution < 1.29 is 14.3 Å². The molecule has 4 aromatic rings. The number of fused-ring (bicyclic) bond motifs is 1. The molecule has 0 unspecified atom stereocenters. The molecule has 7 nitrogen and oxygen atoms in total. The average molecular weight is 406 g/mol. The van der Waals surface area contributed by atoms with Crippen LogP contribution in [0.15, 0.2) is 41.9 Å². The van der Waals surface area contributed by atoms with E-state index in [9.17, 15) is 9.59 Å². The lowest BCUT2D eigenvalue weighted by atomic mass is 10.1. The molecule has 0 aliphatic carbocycles. The lowest BCUT2D eigenvalue weighted by molar-refractivity contribution is 0.0594. The van der Waals surface area contributed by atoms with Gasteiger partial charge in [-0.2, -0.15) is 0 Å². The molecule has 0 saturated carbocycles. The second-order valence-electron chi connectivity index (χ2n) is 6.60. The Hall–Kier alpha value is -3.52. The summed E-state index contributed by atoms with van der Waals surface area (Å²) in [6.07, 6.45) is 1.67. The number of thiazole rings is 1. The number of esters is 1. The highest BCUT2D eigenvalue weighted by Gasteiger charge is 2.16. The van der Waals surface area contributed by atoms with Crippen LogP contribution in [0, 0.1) is 13.8 Å². The number of nitrogens with zero attached hydrogens (tertiary/aromatic N) is 2. The molecule has 0 bridgehead atoms.